The maximum Gasteiger partial charge on any atom is 0.330 e. The molecule has 1 fully saturated rings. The number of rotatable bonds is 3. The van der Waals surface area contributed by atoms with E-state index in [4.69, 9.17) is 18.9 Å². The van der Waals surface area contributed by atoms with Gasteiger partial charge in [-0.15, -0.1) is 0 Å². The first-order valence-electron chi connectivity index (χ1n) is 14.6. The molecule has 7 nitrogen and oxygen atoms in total. The number of hydrogen-bond acceptors (Lipinski definition) is 7. The third-order valence-corrected chi connectivity index (χ3v) is 8.17. The van der Waals surface area contributed by atoms with Gasteiger partial charge in [0, 0.05) is 18.9 Å². The molecule has 9 atom stereocenters. The minimum Gasteiger partial charge on any atom is -0.456 e. The molecule has 5 rings (SSSR count). The average Bonchev–Trinajstić information content (AvgIpc) is 3.70. The van der Waals surface area contributed by atoms with Crippen LogP contribution in [0.1, 0.15) is 56.6 Å². The number of epoxide rings is 1. The fraction of sp³-hybridized carbons (Fsp3) is 0.545. The number of hydrogen-bond donors (Lipinski definition) is 2. The van der Waals surface area contributed by atoms with Crippen molar-refractivity contribution in [3.05, 3.63) is 84.0 Å². The topological polar surface area (TPSA) is 97.8 Å². The molecule has 1 aromatic carbocycles. The zero-order valence-electron chi connectivity index (χ0n) is 23.3. The van der Waals surface area contributed by atoms with E-state index in [1.54, 1.807) is 12.2 Å². The quantitative estimate of drug-likeness (QED) is 0.325. The number of esters is 1. The first-order valence-corrected chi connectivity index (χ1v) is 14.6. The highest BCUT2D eigenvalue weighted by atomic mass is 16.6. The van der Waals surface area contributed by atoms with E-state index in [1.165, 1.54) is 17.2 Å². The van der Waals surface area contributed by atoms with Crippen LogP contribution < -0.4 is 0 Å². The Morgan fingerprint density at radius 2 is 1.88 bits per heavy atom. The third-order valence-electron chi connectivity index (χ3n) is 8.17. The molecule has 0 aromatic heterocycles. The van der Waals surface area contributed by atoms with Gasteiger partial charge in [0.15, 0.2) is 0 Å². The van der Waals surface area contributed by atoms with Crippen molar-refractivity contribution in [3.63, 3.8) is 0 Å². The van der Waals surface area contributed by atoms with Crippen molar-refractivity contribution < 1.29 is 34.0 Å². The number of carbonyl (C=O) groups excluding carboxylic acids is 1. The normalized spacial score (nSPS) is 36.2. The molecule has 0 amide bonds. The monoisotopic (exact) mass is 550 g/mol. The van der Waals surface area contributed by atoms with Crippen LogP contribution in [0, 0.1) is 5.92 Å². The van der Waals surface area contributed by atoms with Crippen molar-refractivity contribution in [3.8, 4) is 0 Å². The minimum absolute atomic E-state index is 0.0931. The number of benzene rings is 1. The van der Waals surface area contributed by atoms with Crippen LogP contribution in [0.4, 0.5) is 0 Å². The summed E-state index contributed by atoms with van der Waals surface area (Å²) in [5.41, 5.74) is 3.39. The summed E-state index contributed by atoms with van der Waals surface area (Å²) < 4.78 is 23.7. The summed E-state index contributed by atoms with van der Waals surface area (Å²) in [7, 11) is 0. The Hall–Kier alpha value is -2.55. The van der Waals surface area contributed by atoms with Gasteiger partial charge in [0.2, 0.25) is 0 Å². The number of cyclic esters (lactones) is 1. The van der Waals surface area contributed by atoms with Gasteiger partial charge in [-0.05, 0) is 49.1 Å². The highest BCUT2D eigenvalue weighted by Crippen LogP contribution is 2.35. The van der Waals surface area contributed by atoms with Gasteiger partial charge in [-0.1, -0.05) is 73.7 Å². The highest BCUT2D eigenvalue weighted by Gasteiger charge is 2.46. The van der Waals surface area contributed by atoms with E-state index in [9.17, 15) is 15.0 Å². The second-order valence-electron chi connectivity index (χ2n) is 11.7. The van der Waals surface area contributed by atoms with Crippen LogP contribution in [0.25, 0.3) is 0 Å². The molecule has 40 heavy (non-hydrogen) atoms. The molecule has 0 spiro atoms. The van der Waals surface area contributed by atoms with Gasteiger partial charge in [-0.3, -0.25) is 0 Å². The molecule has 2 unspecified atom stereocenters. The largest absolute Gasteiger partial charge is 0.456 e. The van der Waals surface area contributed by atoms with Gasteiger partial charge in [0.25, 0.3) is 0 Å². The lowest BCUT2D eigenvalue weighted by Crippen LogP contribution is -2.32. The molecule has 0 radical (unpaired) electrons. The Morgan fingerprint density at radius 1 is 1.05 bits per heavy atom. The van der Waals surface area contributed by atoms with Crippen LogP contribution in [0.2, 0.25) is 0 Å². The molecule has 2 bridgehead atoms. The number of aliphatic hydroxyl groups is 2. The molecule has 1 saturated heterocycles. The van der Waals surface area contributed by atoms with Crippen LogP contribution in [-0.2, 0) is 36.8 Å². The zero-order valence-corrected chi connectivity index (χ0v) is 23.3. The van der Waals surface area contributed by atoms with Crippen molar-refractivity contribution in [1.29, 1.82) is 0 Å². The fourth-order valence-electron chi connectivity index (χ4n) is 6.05. The second kappa shape index (κ2) is 13.4. The van der Waals surface area contributed by atoms with Crippen LogP contribution in [0.3, 0.4) is 0 Å². The van der Waals surface area contributed by atoms with E-state index in [0.717, 1.165) is 24.8 Å². The maximum absolute atomic E-state index is 12.7. The number of ether oxygens (including phenoxy) is 4. The molecule has 0 aliphatic carbocycles. The Bertz CT molecular complexity index is 1120. The third kappa shape index (κ3) is 8.02. The van der Waals surface area contributed by atoms with Crippen molar-refractivity contribution in [2.45, 2.75) is 107 Å². The van der Waals surface area contributed by atoms with Gasteiger partial charge < -0.3 is 29.2 Å². The van der Waals surface area contributed by atoms with Crippen LogP contribution >= 0.6 is 0 Å². The van der Waals surface area contributed by atoms with Gasteiger partial charge >= 0.3 is 5.97 Å². The number of carbonyl (C=O) groups is 1. The fourth-order valence-corrected chi connectivity index (χ4v) is 6.05. The molecule has 0 saturated carbocycles. The predicted molar refractivity (Wildman–Crippen MR) is 151 cm³/mol. The first-order chi connectivity index (χ1) is 19.3. The van der Waals surface area contributed by atoms with E-state index in [-0.39, 0.29) is 36.9 Å². The molecular formula is C33H42O7. The number of aliphatic hydroxyl groups excluding tert-OH is 2. The smallest absolute Gasteiger partial charge is 0.330 e. The Labute approximate surface area is 237 Å². The van der Waals surface area contributed by atoms with Gasteiger partial charge in [0.1, 0.15) is 18.3 Å². The Balaban J connectivity index is 1.26. The molecule has 4 heterocycles. The lowest BCUT2D eigenvalue weighted by atomic mass is 9.91. The molecule has 4 aliphatic rings. The van der Waals surface area contributed by atoms with E-state index < -0.39 is 24.3 Å². The summed E-state index contributed by atoms with van der Waals surface area (Å²) in [6.07, 6.45) is 12.0. The predicted octanol–water partition coefficient (Wildman–Crippen LogP) is 4.51. The van der Waals surface area contributed by atoms with Gasteiger partial charge in [0.05, 0.1) is 37.1 Å². The van der Waals surface area contributed by atoms with E-state index in [0.29, 0.717) is 31.8 Å². The molecule has 7 heteroatoms. The van der Waals surface area contributed by atoms with E-state index >= 15 is 0 Å². The van der Waals surface area contributed by atoms with Crippen LogP contribution in [0.15, 0.2) is 72.9 Å². The van der Waals surface area contributed by atoms with E-state index in [2.05, 4.69) is 31.7 Å². The SMILES string of the molecule is C=C1C[C@H](C)C[C@@H]2CC=C[C@@H](CC=CC(=O)OC([C@@H](O)C=CC3Cc4ccccc4CO3)C[C@@H]3O[C@H]3[C@@H](O)C1)O2. The lowest BCUT2D eigenvalue weighted by Gasteiger charge is -2.28. The summed E-state index contributed by atoms with van der Waals surface area (Å²) in [6, 6.07) is 8.17. The molecular weight excluding hydrogens is 508 g/mol. The van der Waals surface area contributed by atoms with Crippen molar-refractivity contribution in [1.82, 2.24) is 0 Å². The maximum atomic E-state index is 12.7. The Kier molecular flexibility index (Phi) is 9.71. The summed E-state index contributed by atoms with van der Waals surface area (Å²) >= 11 is 0. The standard InChI is InChI=1S/C33H42O7/c1-21-15-22(2)17-29(35)33-31(40-33)19-30(39-32(36)12-6-10-25-9-5-11-27(16-21)38-25)28(34)14-13-26-18-23-7-3-4-8-24(23)20-37-26/h3-9,12-14,21,25-31,33-35H,2,10-11,15-20H2,1H3/t21-,25-,26?,27-,28-,29-,30?,31-,33-/m0/s1. The lowest BCUT2D eigenvalue weighted by molar-refractivity contribution is -0.148. The summed E-state index contributed by atoms with van der Waals surface area (Å²) in [5.74, 6) is -0.150. The zero-order chi connectivity index (χ0) is 28.1. The first kappa shape index (κ1) is 29.0. The van der Waals surface area contributed by atoms with Gasteiger partial charge in [-0.2, -0.15) is 0 Å². The van der Waals surface area contributed by atoms with Crippen molar-refractivity contribution >= 4 is 5.97 Å². The van der Waals surface area contributed by atoms with Crippen LogP contribution in [0.5, 0.6) is 0 Å². The Morgan fingerprint density at radius 3 is 2.73 bits per heavy atom. The number of fused-ring (bicyclic) bond motifs is 4. The summed E-state index contributed by atoms with van der Waals surface area (Å²) in [5, 5.41) is 21.9. The molecule has 2 N–H and O–H groups in total. The molecule has 4 aliphatic heterocycles. The van der Waals surface area contributed by atoms with Crippen molar-refractivity contribution in [2.75, 3.05) is 0 Å². The summed E-state index contributed by atoms with van der Waals surface area (Å²) in [4.78, 5) is 12.7. The average molecular weight is 551 g/mol. The summed E-state index contributed by atoms with van der Waals surface area (Å²) in [6.45, 7) is 6.91. The molecule has 216 valence electrons. The van der Waals surface area contributed by atoms with E-state index in [1.807, 2.05) is 24.3 Å². The second-order valence-corrected chi connectivity index (χ2v) is 11.7. The van der Waals surface area contributed by atoms with Crippen LogP contribution in [-0.4, -0.2) is 65.0 Å². The molecule has 1 aromatic rings. The highest BCUT2D eigenvalue weighted by molar-refractivity contribution is 5.82. The van der Waals surface area contributed by atoms with Gasteiger partial charge in [-0.25, -0.2) is 4.79 Å². The van der Waals surface area contributed by atoms with Crippen molar-refractivity contribution in [2.24, 2.45) is 5.92 Å². The minimum atomic E-state index is -1.05.